The van der Waals surface area contributed by atoms with E-state index in [1.807, 2.05) is 6.92 Å². The Balaban J connectivity index is 2.63. The van der Waals surface area contributed by atoms with Gasteiger partial charge in [0.1, 0.15) is 11.6 Å². The second-order valence-corrected chi connectivity index (χ2v) is 3.29. The van der Waals surface area contributed by atoms with Crippen molar-refractivity contribution in [3.63, 3.8) is 0 Å². The van der Waals surface area contributed by atoms with Crippen LogP contribution in [0.1, 0.15) is 29.3 Å². The molecule has 2 rings (SSSR count). The maximum atomic E-state index is 13.3. The number of halogens is 1. The van der Waals surface area contributed by atoms with Crippen LogP contribution in [0.15, 0.2) is 12.1 Å². The molecular formula is C11H11FO2. The molecule has 1 aromatic carbocycles. The third-order valence-corrected chi connectivity index (χ3v) is 2.42. The van der Waals surface area contributed by atoms with Crippen molar-refractivity contribution in [3.8, 4) is 5.75 Å². The molecule has 3 heteroatoms. The molecule has 0 atom stereocenters. The van der Waals surface area contributed by atoms with Crippen LogP contribution < -0.4 is 4.74 Å². The van der Waals surface area contributed by atoms with Gasteiger partial charge in [-0.25, -0.2) is 4.39 Å². The first kappa shape index (κ1) is 9.19. The molecule has 1 heterocycles. The second kappa shape index (κ2) is 3.40. The van der Waals surface area contributed by atoms with Gasteiger partial charge in [-0.3, -0.25) is 4.79 Å². The van der Waals surface area contributed by atoms with Crippen LogP contribution in [-0.2, 0) is 6.42 Å². The largest absolute Gasteiger partial charge is 0.492 e. The molecule has 0 aliphatic carbocycles. The van der Waals surface area contributed by atoms with Crippen molar-refractivity contribution < 1.29 is 13.9 Å². The van der Waals surface area contributed by atoms with Crippen molar-refractivity contribution in [2.24, 2.45) is 0 Å². The highest BCUT2D eigenvalue weighted by molar-refractivity contribution is 6.00. The summed E-state index contributed by atoms with van der Waals surface area (Å²) in [5, 5.41) is 0. The molecule has 0 saturated carbocycles. The normalized spacial score (nSPS) is 14.9. The number of carbonyl (C=O) groups is 1. The van der Waals surface area contributed by atoms with Crippen LogP contribution in [-0.4, -0.2) is 12.4 Å². The maximum absolute atomic E-state index is 13.3. The maximum Gasteiger partial charge on any atom is 0.172 e. The van der Waals surface area contributed by atoms with Gasteiger partial charge in [0.15, 0.2) is 5.78 Å². The van der Waals surface area contributed by atoms with Gasteiger partial charge >= 0.3 is 0 Å². The SMILES string of the molecule is CCc1ccc(F)c2c1OCCC2=O. The van der Waals surface area contributed by atoms with Gasteiger partial charge in [0.2, 0.25) is 0 Å². The summed E-state index contributed by atoms with van der Waals surface area (Å²) in [6.45, 7) is 2.32. The number of Topliss-reactive ketones (excluding diaryl/α,β-unsaturated/α-hetero) is 1. The van der Waals surface area contributed by atoms with Crippen molar-refractivity contribution in [1.29, 1.82) is 0 Å². The zero-order valence-corrected chi connectivity index (χ0v) is 7.97. The number of fused-ring (bicyclic) bond motifs is 1. The van der Waals surface area contributed by atoms with Gasteiger partial charge in [0, 0.05) is 6.42 Å². The van der Waals surface area contributed by atoms with Gasteiger partial charge in [-0.1, -0.05) is 13.0 Å². The molecule has 1 aliphatic heterocycles. The zero-order chi connectivity index (χ0) is 10.1. The molecule has 14 heavy (non-hydrogen) atoms. The number of benzene rings is 1. The first-order valence-corrected chi connectivity index (χ1v) is 4.71. The topological polar surface area (TPSA) is 26.3 Å². The Hall–Kier alpha value is -1.38. The van der Waals surface area contributed by atoms with Crippen molar-refractivity contribution in [2.45, 2.75) is 19.8 Å². The molecule has 0 unspecified atom stereocenters. The standard InChI is InChI=1S/C11H11FO2/c1-2-7-3-4-8(12)10-9(13)5-6-14-11(7)10/h3-4H,2,5-6H2,1H3. The fraction of sp³-hybridized carbons (Fsp3) is 0.364. The number of ether oxygens (including phenoxy) is 1. The lowest BCUT2D eigenvalue weighted by molar-refractivity contribution is 0.0927. The Morgan fingerprint density at radius 3 is 3.00 bits per heavy atom. The number of rotatable bonds is 1. The van der Waals surface area contributed by atoms with E-state index in [4.69, 9.17) is 4.74 Å². The molecule has 74 valence electrons. The minimum absolute atomic E-state index is 0.135. The van der Waals surface area contributed by atoms with Crippen LogP contribution in [0.4, 0.5) is 4.39 Å². The summed E-state index contributed by atoms with van der Waals surface area (Å²) in [5.74, 6) is -0.176. The first-order chi connectivity index (χ1) is 6.74. The first-order valence-electron chi connectivity index (χ1n) is 4.71. The van der Waals surface area contributed by atoms with Crippen molar-refractivity contribution >= 4 is 5.78 Å². The summed E-state index contributed by atoms with van der Waals surface area (Å²) in [6, 6.07) is 3.01. The summed E-state index contributed by atoms with van der Waals surface area (Å²) in [7, 11) is 0. The number of hydrogen-bond donors (Lipinski definition) is 0. The average molecular weight is 194 g/mol. The van der Waals surface area contributed by atoms with Crippen molar-refractivity contribution in [2.75, 3.05) is 6.61 Å². The molecule has 0 N–H and O–H groups in total. The van der Waals surface area contributed by atoms with Gasteiger partial charge in [-0.05, 0) is 18.1 Å². The smallest absolute Gasteiger partial charge is 0.172 e. The molecule has 0 fully saturated rings. The summed E-state index contributed by atoms with van der Waals surface area (Å²) in [5.41, 5.74) is 1.03. The predicted molar refractivity (Wildman–Crippen MR) is 50.2 cm³/mol. The van der Waals surface area contributed by atoms with E-state index in [1.165, 1.54) is 6.07 Å². The Bertz CT molecular complexity index is 385. The molecule has 0 radical (unpaired) electrons. The van der Waals surface area contributed by atoms with Crippen LogP contribution in [0.2, 0.25) is 0 Å². The molecule has 0 bridgehead atoms. The number of hydrogen-bond acceptors (Lipinski definition) is 2. The van der Waals surface area contributed by atoms with Gasteiger partial charge in [0.05, 0.1) is 12.2 Å². The average Bonchev–Trinajstić information content (AvgIpc) is 2.18. The third-order valence-electron chi connectivity index (χ3n) is 2.42. The quantitative estimate of drug-likeness (QED) is 0.686. The van der Waals surface area contributed by atoms with E-state index in [-0.39, 0.29) is 17.8 Å². The zero-order valence-electron chi connectivity index (χ0n) is 7.97. The molecule has 0 spiro atoms. The van der Waals surface area contributed by atoms with Crippen molar-refractivity contribution in [3.05, 3.63) is 29.1 Å². The van der Waals surface area contributed by atoms with E-state index in [0.29, 0.717) is 12.4 Å². The highest BCUT2D eigenvalue weighted by Crippen LogP contribution is 2.31. The molecule has 1 aliphatic rings. The third kappa shape index (κ3) is 1.29. The summed E-state index contributed by atoms with van der Waals surface area (Å²) < 4.78 is 18.7. The van der Waals surface area contributed by atoms with Crippen LogP contribution in [0.3, 0.4) is 0 Å². The van der Waals surface area contributed by atoms with Crippen molar-refractivity contribution in [1.82, 2.24) is 0 Å². The molecular weight excluding hydrogens is 183 g/mol. The highest BCUT2D eigenvalue weighted by atomic mass is 19.1. The Morgan fingerprint density at radius 2 is 2.29 bits per heavy atom. The molecule has 0 amide bonds. The number of aryl methyl sites for hydroxylation is 1. The fourth-order valence-electron chi connectivity index (χ4n) is 1.68. The predicted octanol–water partition coefficient (Wildman–Crippen LogP) is 2.35. The van der Waals surface area contributed by atoms with Gasteiger partial charge in [-0.15, -0.1) is 0 Å². The molecule has 1 aromatic rings. The lowest BCUT2D eigenvalue weighted by Crippen LogP contribution is -2.18. The lowest BCUT2D eigenvalue weighted by Gasteiger charge is -2.19. The van der Waals surface area contributed by atoms with Gasteiger partial charge in [-0.2, -0.15) is 0 Å². The molecule has 0 aromatic heterocycles. The summed E-state index contributed by atoms with van der Waals surface area (Å²) >= 11 is 0. The number of carbonyl (C=O) groups excluding carboxylic acids is 1. The lowest BCUT2D eigenvalue weighted by atomic mass is 9.99. The fourth-order valence-corrected chi connectivity index (χ4v) is 1.68. The van der Waals surface area contributed by atoms with Gasteiger partial charge in [0.25, 0.3) is 0 Å². The van der Waals surface area contributed by atoms with Crippen LogP contribution in [0.25, 0.3) is 0 Å². The van der Waals surface area contributed by atoms with E-state index in [9.17, 15) is 9.18 Å². The monoisotopic (exact) mass is 194 g/mol. The van der Waals surface area contributed by atoms with Crippen LogP contribution >= 0.6 is 0 Å². The minimum Gasteiger partial charge on any atom is -0.492 e. The van der Waals surface area contributed by atoms with E-state index in [1.54, 1.807) is 6.07 Å². The summed E-state index contributed by atoms with van der Waals surface area (Å²) in [6.07, 6.45) is 1.02. The Labute approximate surface area is 81.7 Å². The van der Waals surface area contributed by atoms with Gasteiger partial charge < -0.3 is 4.74 Å². The minimum atomic E-state index is -0.470. The molecule has 0 saturated heterocycles. The van der Waals surface area contributed by atoms with E-state index >= 15 is 0 Å². The summed E-state index contributed by atoms with van der Waals surface area (Å²) in [4.78, 5) is 11.5. The molecule has 2 nitrogen and oxygen atoms in total. The Morgan fingerprint density at radius 1 is 1.50 bits per heavy atom. The van der Waals surface area contributed by atoms with Crippen LogP contribution in [0.5, 0.6) is 5.75 Å². The second-order valence-electron chi connectivity index (χ2n) is 3.29. The van der Waals surface area contributed by atoms with Crippen LogP contribution in [0, 0.1) is 5.82 Å². The highest BCUT2D eigenvalue weighted by Gasteiger charge is 2.24. The van der Waals surface area contributed by atoms with E-state index in [0.717, 1.165) is 12.0 Å². The number of ketones is 1. The van der Waals surface area contributed by atoms with E-state index < -0.39 is 5.82 Å². The Kier molecular flexibility index (Phi) is 2.23. The van der Waals surface area contributed by atoms with E-state index in [2.05, 4.69) is 0 Å².